The third kappa shape index (κ3) is 3.38. The second-order valence-corrected chi connectivity index (χ2v) is 7.93. The van der Waals surface area contributed by atoms with E-state index in [1.807, 2.05) is 13.8 Å². The first kappa shape index (κ1) is 17.8. The molecule has 1 amide bonds. The quantitative estimate of drug-likeness (QED) is 0.721. The highest BCUT2D eigenvalue weighted by Gasteiger charge is 2.29. The van der Waals surface area contributed by atoms with Gasteiger partial charge in [-0.1, -0.05) is 12.1 Å². The van der Waals surface area contributed by atoms with Gasteiger partial charge in [-0.25, -0.2) is 4.39 Å². The summed E-state index contributed by atoms with van der Waals surface area (Å²) in [6.07, 6.45) is 0. The first-order chi connectivity index (χ1) is 12.9. The molecule has 0 radical (unpaired) electrons. The number of halogens is 1. The number of benzene rings is 1. The van der Waals surface area contributed by atoms with Crippen LogP contribution in [0.25, 0.3) is 10.2 Å². The second kappa shape index (κ2) is 6.86. The van der Waals surface area contributed by atoms with E-state index in [-0.39, 0.29) is 17.8 Å². The summed E-state index contributed by atoms with van der Waals surface area (Å²) in [5.41, 5.74) is 9.53. The number of amides is 1. The third-order valence-electron chi connectivity index (χ3n) is 4.95. The standard InChI is InChI=1S/C19H20FN5OS/c1-10-11(2)23-24-19-15(10)16(21)17(27-19)18(26)22-14-8-25(9-14)7-12-3-5-13(20)6-4-12/h3-6,14H,7-9,21H2,1-2H3,(H,22,26). The fourth-order valence-corrected chi connectivity index (χ4v) is 4.30. The fraction of sp³-hybridized carbons (Fsp3) is 0.316. The summed E-state index contributed by atoms with van der Waals surface area (Å²) in [7, 11) is 0. The number of nitrogens with two attached hydrogens (primary N) is 1. The highest BCUT2D eigenvalue weighted by molar-refractivity contribution is 7.21. The van der Waals surface area contributed by atoms with Crippen LogP contribution < -0.4 is 11.1 Å². The van der Waals surface area contributed by atoms with E-state index >= 15 is 0 Å². The van der Waals surface area contributed by atoms with Crippen LogP contribution in [0.1, 0.15) is 26.5 Å². The number of carbonyl (C=O) groups is 1. The lowest BCUT2D eigenvalue weighted by molar-refractivity contribution is 0.0799. The number of nitrogen functional groups attached to an aromatic ring is 1. The Labute approximate surface area is 160 Å². The van der Waals surface area contributed by atoms with E-state index in [4.69, 9.17) is 5.73 Å². The largest absolute Gasteiger partial charge is 0.397 e. The topological polar surface area (TPSA) is 84.1 Å². The lowest BCUT2D eigenvalue weighted by Crippen LogP contribution is -2.58. The van der Waals surface area contributed by atoms with Crippen molar-refractivity contribution in [3.8, 4) is 0 Å². The Morgan fingerprint density at radius 3 is 2.70 bits per heavy atom. The van der Waals surface area contributed by atoms with Gasteiger partial charge in [0.2, 0.25) is 0 Å². The zero-order valence-corrected chi connectivity index (χ0v) is 15.9. The lowest BCUT2D eigenvalue weighted by atomic mass is 10.1. The number of thiophene rings is 1. The number of fused-ring (bicyclic) bond motifs is 1. The number of aromatic nitrogens is 2. The van der Waals surface area contributed by atoms with Crippen molar-refractivity contribution in [3.63, 3.8) is 0 Å². The van der Waals surface area contributed by atoms with Crippen molar-refractivity contribution in [1.82, 2.24) is 20.4 Å². The Morgan fingerprint density at radius 2 is 2.00 bits per heavy atom. The molecule has 0 saturated carbocycles. The van der Waals surface area contributed by atoms with Crippen LogP contribution in [0.15, 0.2) is 24.3 Å². The van der Waals surface area contributed by atoms with Crippen LogP contribution >= 0.6 is 11.3 Å². The fourth-order valence-electron chi connectivity index (χ4n) is 3.30. The molecular formula is C19H20FN5OS. The minimum absolute atomic E-state index is 0.0801. The van der Waals surface area contributed by atoms with Crippen LogP contribution in [0.3, 0.4) is 0 Å². The predicted octanol–water partition coefficient (Wildman–Crippen LogP) is 2.64. The maximum Gasteiger partial charge on any atom is 0.263 e. The molecule has 0 unspecified atom stereocenters. The van der Waals surface area contributed by atoms with Crippen molar-refractivity contribution < 1.29 is 9.18 Å². The number of rotatable bonds is 4. The zero-order valence-electron chi connectivity index (χ0n) is 15.1. The van der Waals surface area contributed by atoms with Gasteiger partial charge >= 0.3 is 0 Å². The van der Waals surface area contributed by atoms with E-state index < -0.39 is 0 Å². The molecule has 1 aliphatic heterocycles. The van der Waals surface area contributed by atoms with E-state index in [0.29, 0.717) is 15.4 Å². The van der Waals surface area contributed by atoms with Gasteiger partial charge in [0.25, 0.3) is 5.91 Å². The predicted molar refractivity (Wildman–Crippen MR) is 104 cm³/mol. The number of nitrogens with zero attached hydrogens (tertiary/aromatic N) is 3. The maximum atomic E-state index is 13.0. The van der Waals surface area contributed by atoms with Gasteiger partial charge in [-0.15, -0.1) is 16.4 Å². The van der Waals surface area contributed by atoms with Crippen LogP contribution in [-0.4, -0.2) is 40.1 Å². The molecule has 1 aliphatic rings. The summed E-state index contributed by atoms with van der Waals surface area (Å²) >= 11 is 1.28. The molecule has 0 aliphatic carbocycles. The summed E-state index contributed by atoms with van der Waals surface area (Å²) in [6, 6.07) is 6.57. The second-order valence-electron chi connectivity index (χ2n) is 6.93. The maximum absolute atomic E-state index is 13.0. The van der Waals surface area contributed by atoms with Crippen LogP contribution in [0.4, 0.5) is 10.1 Å². The molecular weight excluding hydrogens is 365 g/mol. The van der Waals surface area contributed by atoms with Crippen molar-refractivity contribution in [2.24, 2.45) is 0 Å². The number of carbonyl (C=O) groups excluding carboxylic acids is 1. The SMILES string of the molecule is Cc1nnc2sc(C(=O)NC3CN(Cc4ccc(F)cc4)C3)c(N)c2c1C. The van der Waals surface area contributed by atoms with Gasteiger partial charge in [-0.3, -0.25) is 9.69 Å². The molecule has 3 N–H and O–H groups in total. The van der Waals surface area contributed by atoms with Crippen LogP contribution in [0, 0.1) is 19.7 Å². The molecule has 0 spiro atoms. The summed E-state index contributed by atoms with van der Waals surface area (Å²) in [6.45, 7) is 6.07. The Morgan fingerprint density at radius 1 is 1.30 bits per heavy atom. The first-order valence-corrected chi connectivity index (χ1v) is 9.53. The Balaban J connectivity index is 1.39. The smallest absolute Gasteiger partial charge is 0.263 e. The molecule has 27 heavy (non-hydrogen) atoms. The van der Waals surface area contributed by atoms with Gasteiger partial charge in [-0.05, 0) is 37.1 Å². The summed E-state index contributed by atoms with van der Waals surface area (Å²) in [5.74, 6) is -0.400. The van der Waals surface area contributed by atoms with Gasteiger partial charge in [-0.2, -0.15) is 5.10 Å². The van der Waals surface area contributed by atoms with E-state index in [0.717, 1.165) is 41.8 Å². The molecule has 4 rings (SSSR count). The Kier molecular flexibility index (Phi) is 4.53. The van der Waals surface area contributed by atoms with Crippen molar-refractivity contribution in [3.05, 3.63) is 51.8 Å². The van der Waals surface area contributed by atoms with Gasteiger partial charge in [0.1, 0.15) is 15.5 Å². The number of likely N-dealkylation sites (tertiary alicyclic amines) is 1. The average Bonchev–Trinajstić information content (AvgIpc) is 2.95. The van der Waals surface area contributed by atoms with Crippen LogP contribution in [0.2, 0.25) is 0 Å². The number of nitrogens with one attached hydrogen (secondary N) is 1. The van der Waals surface area contributed by atoms with E-state index in [9.17, 15) is 9.18 Å². The summed E-state index contributed by atoms with van der Waals surface area (Å²) in [4.78, 5) is 16.0. The van der Waals surface area contributed by atoms with Crippen molar-refractivity contribution in [2.45, 2.75) is 26.4 Å². The van der Waals surface area contributed by atoms with Gasteiger partial charge in [0.15, 0.2) is 0 Å². The molecule has 6 nitrogen and oxygen atoms in total. The van der Waals surface area contributed by atoms with E-state index in [1.54, 1.807) is 12.1 Å². The van der Waals surface area contributed by atoms with E-state index in [1.165, 1.54) is 23.5 Å². The van der Waals surface area contributed by atoms with Gasteiger partial charge in [0, 0.05) is 25.0 Å². The monoisotopic (exact) mass is 385 g/mol. The zero-order chi connectivity index (χ0) is 19.1. The minimum atomic E-state index is -0.233. The van der Waals surface area contributed by atoms with Crippen LogP contribution in [-0.2, 0) is 6.54 Å². The van der Waals surface area contributed by atoms with Crippen molar-refractivity contribution in [1.29, 1.82) is 0 Å². The molecule has 1 fully saturated rings. The highest BCUT2D eigenvalue weighted by Crippen LogP contribution is 2.34. The molecule has 1 aromatic carbocycles. The minimum Gasteiger partial charge on any atom is -0.397 e. The van der Waals surface area contributed by atoms with Crippen LogP contribution in [0.5, 0.6) is 0 Å². The normalized spacial score (nSPS) is 15.1. The first-order valence-electron chi connectivity index (χ1n) is 8.72. The third-order valence-corrected chi connectivity index (χ3v) is 6.04. The van der Waals surface area contributed by atoms with Crippen molar-refractivity contribution in [2.75, 3.05) is 18.8 Å². The van der Waals surface area contributed by atoms with Crippen molar-refractivity contribution >= 4 is 33.1 Å². The number of hydrogen-bond acceptors (Lipinski definition) is 6. The molecule has 2 aromatic heterocycles. The highest BCUT2D eigenvalue weighted by atomic mass is 32.1. The van der Waals surface area contributed by atoms with E-state index in [2.05, 4.69) is 20.4 Å². The Bertz CT molecular complexity index is 1010. The molecule has 8 heteroatoms. The molecule has 0 atom stereocenters. The molecule has 140 valence electrons. The molecule has 0 bridgehead atoms. The van der Waals surface area contributed by atoms with Gasteiger partial charge < -0.3 is 11.1 Å². The molecule has 1 saturated heterocycles. The molecule has 3 aromatic rings. The lowest BCUT2D eigenvalue weighted by Gasteiger charge is -2.39. The van der Waals surface area contributed by atoms with Gasteiger partial charge in [0.05, 0.1) is 17.4 Å². The average molecular weight is 385 g/mol. The summed E-state index contributed by atoms with van der Waals surface area (Å²) in [5, 5.41) is 12.1. The molecule has 3 heterocycles. The Hall–Kier alpha value is -2.58. The number of anilines is 1. The number of aryl methyl sites for hydroxylation is 2. The number of hydrogen-bond donors (Lipinski definition) is 2. The summed E-state index contributed by atoms with van der Waals surface area (Å²) < 4.78 is 13.0.